The van der Waals surface area contributed by atoms with Crippen LogP contribution in [0.5, 0.6) is 5.75 Å². The molecule has 0 bridgehead atoms. The van der Waals surface area contributed by atoms with Gasteiger partial charge in [-0.25, -0.2) is 9.07 Å². The minimum Gasteiger partial charge on any atom is -0.491 e. The molecule has 200 valence electrons. The fourth-order valence-corrected chi connectivity index (χ4v) is 5.65. The number of nitrogens with zero attached hydrogens (tertiary/aromatic N) is 3. The first-order valence-electron chi connectivity index (χ1n) is 13.3. The van der Waals surface area contributed by atoms with Crippen molar-refractivity contribution in [2.75, 3.05) is 13.2 Å². The van der Waals surface area contributed by atoms with E-state index in [2.05, 4.69) is 13.8 Å². The van der Waals surface area contributed by atoms with E-state index in [0.717, 1.165) is 37.8 Å². The molecule has 4 rings (SSSR count). The lowest BCUT2D eigenvalue weighted by molar-refractivity contribution is -0.122. The summed E-state index contributed by atoms with van der Waals surface area (Å²) in [5.74, 6) is 0.113. The average molecular weight is 552 g/mol. The molecule has 38 heavy (non-hydrogen) atoms. The van der Waals surface area contributed by atoms with Crippen molar-refractivity contribution in [3.63, 3.8) is 0 Å². The lowest BCUT2D eigenvalue weighted by Gasteiger charge is -2.21. The van der Waals surface area contributed by atoms with Crippen molar-refractivity contribution in [1.82, 2.24) is 14.7 Å². The summed E-state index contributed by atoms with van der Waals surface area (Å²) in [5.41, 5.74) is 2.77. The van der Waals surface area contributed by atoms with E-state index >= 15 is 0 Å². The first kappa shape index (κ1) is 28.0. The molecule has 1 saturated heterocycles. The second-order valence-corrected chi connectivity index (χ2v) is 11.1. The van der Waals surface area contributed by atoms with Crippen LogP contribution < -0.4 is 4.74 Å². The highest BCUT2D eigenvalue weighted by Crippen LogP contribution is 2.36. The molecule has 5 nitrogen and oxygen atoms in total. The third kappa shape index (κ3) is 6.53. The topological polar surface area (TPSA) is 47.4 Å². The highest BCUT2D eigenvalue weighted by Gasteiger charge is 2.33. The summed E-state index contributed by atoms with van der Waals surface area (Å²) < 4.78 is 22.7. The number of benzene rings is 2. The zero-order valence-corrected chi connectivity index (χ0v) is 23.8. The summed E-state index contributed by atoms with van der Waals surface area (Å²) in [6, 6.07) is 14.6. The van der Waals surface area contributed by atoms with Crippen molar-refractivity contribution in [3.05, 3.63) is 71.0 Å². The maximum Gasteiger partial charge on any atom is 0.266 e. The summed E-state index contributed by atoms with van der Waals surface area (Å²) in [6.45, 7) is 7.41. The number of ether oxygens (including phenoxy) is 1. The molecule has 1 aromatic heterocycles. The monoisotopic (exact) mass is 551 g/mol. The Kier molecular flexibility index (Phi) is 9.74. The van der Waals surface area contributed by atoms with Gasteiger partial charge in [-0.2, -0.15) is 5.10 Å². The van der Waals surface area contributed by atoms with Gasteiger partial charge in [-0.3, -0.25) is 9.69 Å². The lowest BCUT2D eigenvalue weighted by Crippen LogP contribution is -2.33. The summed E-state index contributed by atoms with van der Waals surface area (Å²) in [4.78, 5) is 15.7. The van der Waals surface area contributed by atoms with Gasteiger partial charge >= 0.3 is 0 Å². The second-order valence-electron chi connectivity index (χ2n) is 9.42. The first-order chi connectivity index (χ1) is 18.4. The predicted molar refractivity (Wildman–Crippen MR) is 158 cm³/mol. The molecule has 0 aliphatic carbocycles. The van der Waals surface area contributed by atoms with Crippen LogP contribution in [0.1, 0.15) is 58.4 Å². The fourth-order valence-electron chi connectivity index (χ4n) is 4.38. The SMILES string of the molecule is CCCC[C@@H](CC)CN1C(=O)/C(=C/c2cn(-c3ccccc3)nc2-c2ccc(OCCC)c(F)c2)SC1=S. The molecule has 0 unspecified atom stereocenters. The van der Waals surface area contributed by atoms with Gasteiger partial charge in [0.2, 0.25) is 0 Å². The summed E-state index contributed by atoms with van der Waals surface area (Å²) in [5, 5.41) is 4.78. The number of amides is 1. The fraction of sp³-hybridized carbons (Fsp3) is 0.367. The molecule has 0 radical (unpaired) electrons. The molecule has 3 aromatic rings. The molecule has 2 heterocycles. The van der Waals surface area contributed by atoms with Crippen LogP contribution in [-0.2, 0) is 4.79 Å². The Bertz CT molecular complexity index is 1310. The Balaban J connectivity index is 1.69. The van der Waals surface area contributed by atoms with Crippen LogP contribution in [-0.4, -0.2) is 38.1 Å². The van der Waals surface area contributed by atoms with E-state index in [0.29, 0.717) is 45.1 Å². The number of hydrogen-bond acceptors (Lipinski definition) is 5. The normalized spacial score (nSPS) is 15.5. The second kappa shape index (κ2) is 13.2. The van der Waals surface area contributed by atoms with Crippen molar-refractivity contribution in [2.24, 2.45) is 5.92 Å². The number of thiocarbonyl (C=S) groups is 1. The highest BCUT2D eigenvalue weighted by molar-refractivity contribution is 8.26. The molecule has 1 aliphatic heterocycles. The molecule has 2 aromatic carbocycles. The number of carbonyl (C=O) groups excluding carboxylic acids is 1. The van der Waals surface area contributed by atoms with Gasteiger partial charge in [0.15, 0.2) is 11.6 Å². The molecule has 1 amide bonds. The molecular formula is C30H34FN3O2S2. The third-order valence-corrected chi connectivity index (χ3v) is 7.95. The van der Waals surface area contributed by atoms with Crippen LogP contribution in [0.4, 0.5) is 4.39 Å². The zero-order valence-electron chi connectivity index (χ0n) is 22.2. The Morgan fingerprint density at radius 3 is 2.61 bits per heavy atom. The van der Waals surface area contributed by atoms with Gasteiger partial charge in [0, 0.05) is 23.9 Å². The molecule has 1 aliphatic rings. The number of rotatable bonds is 12. The van der Waals surface area contributed by atoms with Crippen molar-refractivity contribution < 1.29 is 13.9 Å². The molecule has 0 saturated carbocycles. The number of aromatic nitrogens is 2. The zero-order chi connectivity index (χ0) is 27.1. The molecule has 1 atom stereocenters. The quantitative estimate of drug-likeness (QED) is 0.169. The number of halogens is 1. The van der Waals surface area contributed by atoms with Gasteiger partial charge in [0.25, 0.3) is 5.91 Å². The van der Waals surface area contributed by atoms with Crippen LogP contribution in [0, 0.1) is 11.7 Å². The minimum absolute atomic E-state index is 0.0807. The Hall–Kier alpha value is -2.97. The molecule has 8 heteroatoms. The van der Waals surface area contributed by atoms with Crippen LogP contribution in [0.3, 0.4) is 0 Å². The third-order valence-electron chi connectivity index (χ3n) is 6.57. The van der Waals surface area contributed by atoms with Crippen LogP contribution >= 0.6 is 24.0 Å². The van der Waals surface area contributed by atoms with Crippen molar-refractivity contribution in [1.29, 1.82) is 0 Å². The van der Waals surface area contributed by atoms with E-state index in [1.54, 1.807) is 21.7 Å². The van der Waals surface area contributed by atoms with Gasteiger partial charge < -0.3 is 4.74 Å². The number of hydrogen-bond donors (Lipinski definition) is 0. The molecule has 0 N–H and O–H groups in total. The van der Waals surface area contributed by atoms with E-state index in [9.17, 15) is 9.18 Å². The summed E-state index contributed by atoms with van der Waals surface area (Å²) >= 11 is 6.92. The summed E-state index contributed by atoms with van der Waals surface area (Å²) in [6.07, 6.45) is 8.86. The maximum absolute atomic E-state index is 14.9. The van der Waals surface area contributed by atoms with E-state index in [1.807, 2.05) is 49.5 Å². The average Bonchev–Trinajstić information content (AvgIpc) is 3.46. The smallest absolute Gasteiger partial charge is 0.266 e. The predicted octanol–water partition coefficient (Wildman–Crippen LogP) is 7.88. The number of para-hydroxylation sites is 1. The number of thioether (sulfide) groups is 1. The molecule has 0 spiro atoms. The van der Waals surface area contributed by atoms with Crippen LogP contribution in [0.2, 0.25) is 0 Å². The van der Waals surface area contributed by atoms with Crippen molar-refractivity contribution in [2.45, 2.75) is 52.9 Å². The first-order valence-corrected chi connectivity index (χ1v) is 14.5. The van der Waals surface area contributed by atoms with Gasteiger partial charge in [0.1, 0.15) is 10.0 Å². The summed E-state index contributed by atoms with van der Waals surface area (Å²) in [7, 11) is 0. The van der Waals surface area contributed by atoms with Gasteiger partial charge in [-0.1, -0.05) is 82.2 Å². The Labute approximate surface area is 234 Å². The number of carbonyl (C=O) groups is 1. The maximum atomic E-state index is 14.9. The van der Waals surface area contributed by atoms with Gasteiger partial charge in [-0.15, -0.1) is 0 Å². The molecular weight excluding hydrogens is 517 g/mol. The molecule has 1 fully saturated rings. The largest absolute Gasteiger partial charge is 0.491 e. The van der Waals surface area contributed by atoms with E-state index < -0.39 is 5.82 Å². The van der Waals surface area contributed by atoms with Gasteiger partial charge in [-0.05, 0) is 55.2 Å². The van der Waals surface area contributed by atoms with Crippen molar-refractivity contribution >= 4 is 40.3 Å². The van der Waals surface area contributed by atoms with E-state index in [-0.39, 0.29) is 11.7 Å². The number of unbranched alkanes of at least 4 members (excludes halogenated alkanes) is 1. The Morgan fingerprint density at radius 2 is 1.92 bits per heavy atom. The Morgan fingerprint density at radius 1 is 1.13 bits per heavy atom. The van der Waals surface area contributed by atoms with Crippen LogP contribution in [0.25, 0.3) is 23.0 Å². The van der Waals surface area contributed by atoms with E-state index in [4.69, 9.17) is 22.1 Å². The highest BCUT2D eigenvalue weighted by atomic mass is 32.2. The van der Waals surface area contributed by atoms with E-state index in [1.165, 1.54) is 17.8 Å². The standard InChI is InChI=1S/C30H34FN3O2S2/c1-4-7-11-21(6-3)19-33-29(35)27(38-30(33)37)18-23-20-34(24-12-9-8-10-13-24)32-28(23)22-14-15-26(25(31)17-22)36-16-5-2/h8-10,12-15,17-18,20-21H,4-7,11,16,19H2,1-3H3/b27-18-/t21-/m1/s1. The van der Waals surface area contributed by atoms with Crippen LogP contribution in [0.15, 0.2) is 59.6 Å². The minimum atomic E-state index is -0.444. The van der Waals surface area contributed by atoms with Crippen molar-refractivity contribution in [3.8, 4) is 22.7 Å². The lowest BCUT2D eigenvalue weighted by atomic mass is 9.99. The van der Waals surface area contributed by atoms with Gasteiger partial charge in [0.05, 0.1) is 17.2 Å².